The first-order valence-electron chi connectivity index (χ1n) is 33.5. The Bertz CT molecular complexity index is 4420. The molecule has 0 N–H and O–H groups in total. The molecule has 0 atom stereocenters. The molecule has 0 saturated carbocycles. The van der Waals surface area contributed by atoms with E-state index in [1.807, 2.05) is 55.6 Å². The van der Waals surface area contributed by atoms with Gasteiger partial charge in [0.25, 0.3) is 0 Å². The smallest absolute Gasteiger partial charge is 0.0713 e. The lowest BCUT2D eigenvalue weighted by molar-refractivity contribution is 0.766. The molecule has 0 amide bonds. The first-order chi connectivity index (χ1) is 45.7. The van der Waals surface area contributed by atoms with Crippen molar-refractivity contribution in [2.75, 3.05) is 0 Å². The summed E-state index contributed by atoms with van der Waals surface area (Å²) in [6, 6.07) is 80.6. The second kappa shape index (κ2) is 33.8. The van der Waals surface area contributed by atoms with Crippen LogP contribution in [0.2, 0.25) is 0 Å². The van der Waals surface area contributed by atoms with Crippen molar-refractivity contribution >= 4 is 45.9 Å². The Morgan fingerprint density at radius 2 is 1.03 bits per heavy atom. The Balaban J connectivity index is 0.000000159. The fourth-order valence-corrected chi connectivity index (χ4v) is 14.5. The van der Waals surface area contributed by atoms with E-state index in [2.05, 4.69) is 332 Å². The summed E-state index contributed by atoms with van der Waals surface area (Å²) in [5.74, 6) is 0.636. The average molecular weight is 1250 g/mol. The third-order valence-corrected chi connectivity index (χ3v) is 18.9. The Hall–Kier alpha value is -9.66. The van der Waals surface area contributed by atoms with Crippen molar-refractivity contribution in [3.05, 3.63) is 369 Å². The Labute approximate surface area is 569 Å². The normalized spacial score (nSPS) is 12.2. The van der Waals surface area contributed by atoms with Crippen molar-refractivity contribution in [1.82, 2.24) is 0 Å². The Kier molecular flexibility index (Phi) is 25.2. The summed E-state index contributed by atoms with van der Waals surface area (Å²) in [5.41, 5.74) is 29.8. The highest BCUT2D eigenvalue weighted by Crippen LogP contribution is 2.58. The quantitative estimate of drug-likeness (QED) is 0.107. The number of benzene rings is 10. The minimum absolute atomic E-state index is 0.374. The highest BCUT2D eigenvalue weighted by Gasteiger charge is 2.47. The fourth-order valence-electron chi connectivity index (χ4n) is 13.3. The average Bonchev–Trinajstić information content (AvgIpc) is 1.52. The first kappa shape index (κ1) is 70.2. The zero-order chi connectivity index (χ0) is 67.3. The van der Waals surface area contributed by atoms with E-state index >= 15 is 0 Å². The van der Waals surface area contributed by atoms with E-state index in [1.165, 1.54) is 140 Å². The van der Waals surface area contributed by atoms with Gasteiger partial charge in [0.1, 0.15) is 0 Å². The van der Waals surface area contributed by atoms with E-state index in [1.54, 1.807) is 22.1 Å². The molecule has 0 saturated heterocycles. The molecule has 0 fully saturated rings. The largest absolute Gasteiger partial charge is 0.144 e. The van der Waals surface area contributed by atoms with Gasteiger partial charge >= 0.3 is 0 Å². The van der Waals surface area contributed by atoms with Crippen LogP contribution in [0, 0.1) is 47.5 Å². The Morgan fingerprint density at radius 3 is 1.57 bits per heavy atom. The van der Waals surface area contributed by atoms with Gasteiger partial charge in [0.15, 0.2) is 0 Å². The van der Waals surface area contributed by atoms with Gasteiger partial charge in [-0.3, -0.25) is 0 Å². The second-order valence-corrected chi connectivity index (χ2v) is 25.6. The summed E-state index contributed by atoms with van der Waals surface area (Å²) >= 11 is 1.99. The molecule has 1 heteroatoms. The molecular weight excluding hydrogens is 1150 g/mol. The Morgan fingerprint density at radius 1 is 0.500 bits per heavy atom. The number of hydrogen-bond donors (Lipinski definition) is 0. The van der Waals surface area contributed by atoms with Crippen molar-refractivity contribution in [3.63, 3.8) is 0 Å². The summed E-state index contributed by atoms with van der Waals surface area (Å²) in [5, 5.41) is 2.58. The maximum absolute atomic E-state index is 4.19. The van der Waals surface area contributed by atoms with Crippen LogP contribution in [0.4, 0.5) is 0 Å². The zero-order valence-electron chi connectivity index (χ0n) is 57.9. The molecule has 0 radical (unpaired) electrons. The van der Waals surface area contributed by atoms with Crippen LogP contribution in [0.15, 0.2) is 287 Å². The predicted octanol–water partition coefficient (Wildman–Crippen LogP) is 27.2. The van der Waals surface area contributed by atoms with Crippen LogP contribution in [0.5, 0.6) is 0 Å². The molecule has 0 spiro atoms. The molecule has 0 aliphatic heterocycles. The van der Waals surface area contributed by atoms with Gasteiger partial charge in [-0.1, -0.05) is 351 Å². The standard InChI is InChI=1S/C31H26.C23H18.C15H20S.C14H14.C8H12.C2H6/c1-5-25-22(4)20-29-30(26(25)6-2)27-18-17-21(3)19-28(27)31(29,23-13-9-7-10-14-23)24-15-11-8-12-16-24;1-17-14-15-22(23(16-17)19-8-3-2-4-9-19)21-13-7-11-18-10-5-6-12-20(18)21;1-5-7-13-11(4)16-14-9-6-8-12(10(2)3)15(13)14;1-11-8-9-14(12(2)10-11)13-6-4-3-5-7-13;1-4-7-8(5-2)6-3;1-2/h5-20H,1-2H2,3-4H3;2-16H,1H3;5,7-8,10H,6,9H2,1-4H3;3-10H,1-2H3;4-5,7H,1-2,6H2,3H3;1-2H3/b;;7-5-;;8-7+;. The number of thiophene rings is 1. The van der Waals surface area contributed by atoms with E-state index in [4.69, 9.17) is 0 Å². The predicted molar refractivity (Wildman–Crippen MR) is 419 cm³/mol. The van der Waals surface area contributed by atoms with Crippen molar-refractivity contribution in [2.24, 2.45) is 5.92 Å². The molecule has 1 heterocycles. The monoisotopic (exact) mass is 1240 g/mol. The van der Waals surface area contributed by atoms with E-state index < -0.39 is 0 Å². The van der Waals surface area contributed by atoms with E-state index in [9.17, 15) is 0 Å². The lowest BCUT2D eigenvalue weighted by atomic mass is 9.67. The molecule has 94 heavy (non-hydrogen) atoms. The third-order valence-electron chi connectivity index (χ3n) is 17.7. The topological polar surface area (TPSA) is 0 Å². The molecule has 0 bridgehead atoms. The van der Waals surface area contributed by atoms with Crippen LogP contribution in [0.3, 0.4) is 0 Å². The number of rotatable bonds is 12. The van der Waals surface area contributed by atoms with Gasteiger partial charge in [0.05, 0.1) is 5.41 Å². The molecule has 2 aliphatic carbocycles. The van der Waals surface area contributed by atoms with Gasteiger partial charge < -0.3 is 0 Å². The third kappa shape index (κ3) is 15.7. The molecule has 13 rings (SSSR count). The summed E-state index contributed by atoms with van der Waals surface area (Å²) in [7, 11) is 0. The van der Waals surface area contributed by atoms with E-state index in [0.29, 0.717) is 5.92 Å². The summed E-state index contributed by atoms with van der Waals surface area (Å²) in [6.45, 7) is 41.3. The van der Waals surface area contributed by atoms with E-state index in [0.717, 1.165) is 12.0 Å². The molecule has 0 nitrogen and oxygen atoms in total. The molecule has 0 unspecified atom stereocenters. The second-order valence-electron chi connectivity index (χ2n) is 24.3. The van der Waals surface area contributed by atoms with Gasteiger partial charge in [0.2, 0.25) is 0 Å². The maximum Gasteiger partial charge on any atom is 0.0713 e. The molecular formula is C93H96S. The molecule has 11 aromatic rings. The molecule has 1 aromatic heterocycles. The van der Waals surface area contributed by atoms with Crippen LogP contribution in [-0.4, -0.2) is 0 Å². The SMILES string of the molecule is C/C=C\c1c(C)sc2c1C(C(C)C)=CCC2.C=C/C=C(\C=C)CC.C=Cc1c(C)cc2c(c1C=C)-c1ccc(C)cc1C2(c1ccccc1)c1ccccc1.CC.Cc1ccc(-c2cccc3ccccc23)c(-c2ccccc2)c1.Cc1ccc(-c2ccccc2)c(C)c1. The van der Waals surface area contributed by atoms with Crippen LogP contribution < -0.4 is 0 Å². The highest BCUT2D eigenvalue weighted by molar-refractivity contribution is 7.12. The fraction of sp³-hybridized carbons (Fsp3) is 0.183. The van der Waals surface area contributed by atoms with Crippen LogP contribution in [0.1, 0.15) is 136 Å². The molecule has 10 aromatic carbocycles. The van der Waals surface area contributed by atoms with Gasteiger partial charge in [-0.25, -0.2) is 0 Å². The van der Waals surface area contributed by atoms with Crippen molar-refractivity contribution < 1.29 is 0 Å². The van der Waals surface area contributed by atoms with Crippen LogP contribution >= 0.6 is 11.3 Å². The minimum atomic E-state index is -0.374. The van der Waals surface area contributed by atoms with Crippen LogP contribution in [0.25, 0.3) is 79.1 Å². The molecule has 474 valence electrons. The number of fused-ring (bicyclic) bond motifs is 5. The van der Waals surface area contributed by atoms with Crippen LogP contribution in [-0.2, 0) is 11.8 Å². The van der Waals surface area contributed by atoms with Gasteiger partial charge in [0, 0.05) is 9.75 Å². The van der Waals surface area contributed by atoms with Crippen molar-refractivity contribution in [1.29, 1.82) is 0 Å². The van der Waals surface area contributed by atoms with Gasteiger partial charge in [-0.05, 0) is 196 Å². The lowest BCUT2D eigenvalue weighted by Crippen LogP contribution is -2.28. The van der Waals surface area contributed by atoms with Gasteiger partial charge in [-0.15, -0.1) is 11.3 Å². The summed E-state index contributed by atoms with van der Waals surface area (Å²) in [6.07, 6.45) is 19.9. The highest BCUT2D eigenvalue weighted by atomic mass is 32.1. The number of aryl methyl sites for hydroxylation is 7. The lowest BCUT2D eigenvalue weighted by Gasteiger charge is -2.34. The summed E-state index contributed by atoms with van der Waals surface area (Å²) in [4.78, 5) is 3.06. The van der Waals surface area contributed by atoms with Gasteiger partial charge in [-0.2, -0.15) is 0 Å². The first-order valence-corrected chi connectivity index (χ1v) is 34.4. The zero-order valence-corrected chi connectivity index (χ0v) is 58.7. The van der Waals surface area contributed by atoms with E-state index in [-0.39, 0.29) is 5.41 Å². The van der Waals surface area contributed by atoms with Crippen molar-refractivity contribution in [3.8, 4) is 44.5 Å². The maximum atomic E-state index is 4.19. The number of allylic oxidation sites excluding steroid dienone is 7. The van der Waals surface area contributed by atoms with Crippen molar-refractivity contribution in [2.45, 2.75) is 108 Å². The number of hydrogen-bond acceptors (Lipinski definition) is 1. The molecule has 2 aliphatic rings. The minimum Gasteiger partial charge on any atom is -0.144 e. The summed E-state index contributed by atoms with van der Waals surface area (Å²) < 4.78 is 0.